The number of halogens is 3. The van der Waals surface area contributed by atoms with Crippen LogP contribution in [-0.2, 0) is 13.2 Å². The number of piperidine rings is 1. The molecule has 0 saturated carbocycles. The fourth-order valence-electron chi connectivity index (χ4n) is 4.71. The minimum atomic E-state index is -4.45. The van der Waals surface area contributed by atoms with Crippen molar-refractivity contribution in [1.82, 2.24) is 19.2 Å². The van der Waals surface area contributed by atoms with E-state index in [4.69, 9.17) is 0 Å². The van der Waals surface area contributed by atoms with Gasteiger partial charge in [0.1, 0.15) is 0 Å². The van der Waals surface area contributed by atoms with Gasteiger partial charge in [-0.15, -0.1) is 0 Å². The number of aromatic nitrogens is 3. The maximum absolute atomic E-state index is 13.4. The topological polar surface area (TPSA) is 72.2 Å². The molecule has 1 aromatic carbocycles. The fraction of sp³-hybridized carbons (Fsp3) is 0.458. The Balaban J connectivity index is 1.78. The molecule has 0 spiro atoms. The lowest BCUT2D eigenvalue weighted by molar-refractivity contribution is -0.138. The summed E-state index contributed by atoms with van der Waals surface area (Å²) in [4.78, 5) is 27.8. The van der Waals surface area contributed by atoms with Crippen LogP contribution in [0.4, 0.5) is 19.0 Å². The van der Waals surface area contributed by atoms with Gasteiger partial charge in [-0.1, -0.05) is 12.1 Å². The first-order chi connectivity index (χ1) is 16.0. The minimum absolute atomic E-state index is 0.00754. The molecule has 182 valence electrons. The molecule has 1 aliphatic heterocycles. The molecule has 1 aliphatic rings. The number of anilines is 1. The van der Waals surface area contributed by atoms with E-state index in [-0.39, 0.29) is 22.6 Å². The molecule has 0 bridgehead atoms. The van der Waals surface area contributed by atoms with Gasteiger partial charge in [-0.2, -0.15) is 18.3 Å². The van der Waals surface area contributed by atoms with Crippen molar-refractivity contribution in [1.29, 1.82) is 0 Å². The number of hydrogen-bond acceptors (Lipinski definition) is 5. The van der Waals surface area contributed by atoms with Crippen LogP contribution in [0.1, 0.15) is 48.5 Å². The van der Waals surface area contributed by atoms with Gasteiger partial charge in [0, 0.05) is 30.7 Å². The van der Waals surface area contributed by atoms with Gasteiger partial charge in [0.15, 0.2) is 5.82 Å². The van der Waals surface area contributed by atoms with Gasteiger partial charge in [0.2, 0.25) is 0 Å². The minimum Gasteiger partial charge on any atom is -0.362 e. The van der Waals surface area contributed by atoms with Crippen molar-refractivity contribution in [3.63, 3.8) is 0 Å². The van der Waals surface area contributed by atoms with Gasteiger partial charge < -0.3 is 14.8 Å². The van der Waals surface area contributed by atoms with E-state index in [1.807, 2.05) is 7.05 Å². The smallest absolute Gasteiger partial charge is 0.362 e. The largest absolute Gasteiger partial charge is 0.416 e. The average molecular weight is 476 g/mol. The monoisotopic (exact) mass is 475 g/mol. The lowest BCUT2D eigenvalue weighted by atomic mass is 9.97. The van der Waals surface area contributed by atoms with Gasteiger partial charge in [-0.25, -0.2) is 4.68 Å². The molecule has 1 fully saturated rings. The predicted molar refractivity (Wildman–Crippen MR) is 125 cm³/mol. The van der Waals surface area contributed by atoms with Crippen molar-refractivity contribution in [3.05, 3.63) is 67.9 Å². The number of alkyl halides is 3. The summed E-state index contributed by atoms with van der Waals surface area (Å²) in [7, 11) is 3.52. The molecule has 3 aromatic rings. The summed E-state index contributed by atoms with van der Waals surface area (Å²) in [5.74, 6) is 0.336. The molecule has 7 nitrogen and oxygen atoms in total. The second kappa shape index (κ2) is 8.90. The molecule has 0 radical (unpaired) electrons. The Morgan fingerprint density at radius 3 is 2.44 bits per heavy atom. The molecule has 0 aliphatic carbocycles. The van der Waals surface area contributed by atoms with Crippen molar-refractivity contribution in [2.45, 2.75) is 44.9 Å². The molecular formula is C24H28F3N5O2. The molecule has 1 atom stereocenters. The van der Waals surface area contributed by atoms with E-state index in [0.717, 1.165) is 36.7 Å². The molecule has 1 N–H and O–H groups in total. The predicted octanol–water partition coefficient (Wildman–Crippen LogP) is 3.86. The van der Waals surface area contributed by atoms with E-state index in [2.05, 4.69) is 15.3 Å². The number of rotatable bonds is 4. The summed E-state index contributed by atoms with van der Waals surface area (Å²) >= 11 is 0. The summed E-state index contributed by atoms with van der Waals surface area (Å²) < 4.78 is 43.0. The third kappa shape index (κ3) is 4.46. The highest BCUT2D eigenvalue weighted by atomic mass is 19.4. The van der Waals surface area contributed by atoms with Crippen LogP contribution in [0.25, 0.3) is 10.8 Å². The summed E-state index contributed by atoms with van der Waals surface area (Å²) in [6, 6.07) is 4.90. The number of hydrogen-bond donors (Lipinski definition) is 1. The summed E-state index contributed by atoms with van der Waals surface area (Å²) in [6.45, 7) is 4.91. The first-order valence-electron chi connectivity index (χ1n) is 11.2. The van der Waals surface area contributed by atoms with Gasteiger partial charge in [-0.05, 0) is 64.0 Å². The van der Waals surface area contributed by atoms with Crippen LogP contribution in [0, 0.1) is 6.92 Å². The van der Waals surface area contributed by atoms with Crippen molar-refractivity contribution >= 4 is 16.6 Å². The summed E-state index contributed by atoms with van der Waals surface area (Å²) in [6.07, 6.45) is -1.17. The van der Waals surface area contributed by atoms with Crippen LogP contribution < -0.4 is 16.4 Å². The van der Waals surface area contributed by atoms with E-state index >= 15 is 0 Å². The lowest BCUT2D eigenvalue weighted by Crippen LogP contribution is -2.35. The van der Waals surface area contributed by atoms with Crippen molar-refractivity contribution in [2.75, 3.05) is 25.5 Å². The molecule has 0 amide bonds. The molecule has 4 rings (SSSR count). The highest BCUT2D eigenvalue weighted by Crippen LogP contribution is 2.35. The van der Waals surface area contributed by atoms with Gasteiger partial charge in [-0.3, -0.25) is 9.59 Å². The molecule has 3 heterocycles. The second-order valence-corrected chi connectivity index (χ2v) is 9.04. The van der Waals surface area contributed by atoms with Crippen LogP contribution in [0.15, 0.2) is 40.1 Å². The van der Waals surface area contributed by atoms with Gasteiger partial charge in [0.25, 0.3) is 11.1 Å². The Morgan fingerprint density at radius 1 is 1.12 bits per heavy atom. The molecular weight excluding hydrogens is 447 g/mol. The molecule has 1 saturated heterocycles. The average Bonchev–Trinajstić information content (AvgIpc) is 2.77. The highest BCUT2D eigenvalue weighted by Gasteiger charge is 2.33. The quantitative estimate of drug-likeness (QED) is 0.621. The Labute approximate surface area is 194 Å². The fourth-order valence-corrected chi connectivity index (χ4v) is 4.71. The molecule has 1 unspecified atom stereocenters. The number of pyridine rings is 1. The maximum atomic E-state index is 13.4. The standard InChI is InChI=1S/C24H28F3N5O2/c1-14-17(6-5-7-20(14)24(25,26)27)15(2)28-22-19-13-32(16-8-10-30(3)11-9-16)21(33)12-18(19)23(34)31(4)29-22/h5-7,12-13,15-16H,8-11H2,1-4H3,(H,28,29). The number of nitrogens with zero attached hydrogens (tertiary/aromatic N) is 4. The van der Waals surface area contributed by atoms with Crippen LogP contribution >= 0.6 is 0 Å². The van der Waals surface area contributed by atoms with Crippen LogP contribution in [-0.4, -0.2) is 39.4 Å². The highest BCUT2D eigenvalue weighted by molar-refractivity contribution is 5.90. The van der Waals surface area contributed by atoms with E-state index in [9.17, 15) is 22.8 Å². The maximum Gasteiger partial charge on any atom is 0.416 e. The number of likely N-dealkylation sites (tertiary alicyclic amines) is 1. The van der Waals surface area contributed by atoms with Crippen LogP contribution in [0.3, 0.4) is 0 Å². The Morgan fingerprint density at radius 2 is 1.79 bits per heavy atom. The van der Waals surface area contributed by atoms with Crippen molar-refractivity contribution < 1.29 is 13.2 Å². The third-order valence-electron chi connectivity index (χ3n) is 6.69. The number of nitrogens with one attached hydrogen (secondary N) is 1. The number of aryl methyl sites for hydroxylation is 1. The molecule has 10 heteroatoms. The Kier molecular flexibility index (Phi) is 6.28. The normalized spacial score (nSPS) is 16.7. The zero-order valence-corrected chi connectivity index (χ0v) is 19.6. The van der Waals surface area contributed by atoms with E-state index in [0.29, 0.717) is 16.8 Å². The lowest BCUT2D eigenvalue weighted by Gasteiger charge is -2.30. The first kappa shape index (κ1) is 24.0. The van der Waals surface area contributed by atoms with Crippen LogP contribution in [0.5, 0.6) is 0 Å². The number of benzene rings is 1. The van der Waals surface area contributed by atoms with Gasteiger partial charge >= 0.3 is 6.18 Å². The van der Waals surface area contributed by atoms with E-state index in [1.54, 1.807) is 23.8 Å². The van der Waals surface area contributed by atoms with Crippen molar-refractivity contribution in [3.8, 4) is 0 Å². The third-order valence-corrected chi connectivity index (χ3v) is 6.69. The van der Waals surface area contributed by atoms with Gasteiger partial charge in [0.05, 0.1) is 17.0 Å². The zero-order valence-electron chi connectivity index (χ0n) is 19.6. The summed E-state index contributed by atoms with van der Waals surface area (Å²) in [5, 5.41) is 8.22. The molecule has 34 heavy (non-hydrogen) atoms. The zero-order chi connectivity index (χ0) is 24.8. The van der Waals surface area contributed by atoms with E-state index in [1.165, 1.54) is 26.1 Å². The van der Waals surface area contributed by atoms with E-state index < -0.39 is 23.3 Å². The Hall–Kier alpha value is -3.14. The molecule has 2 aromatic heterocycles. The first-order valence-corrected chi connectivity index (χ1v) is 11.2. The summed E-state index contributed by atoms with van der Waals surface area (Å²) in [5.41, 5.74) is -0.739. The van der Waals surface area contributed by atoms with Crippen molar-refractivity contribution in [2.24, 2.45) is 7.05 Å². The van der Waals surface area contributed by atoms with Crippen LogP contribution in [0.2, 0.25) is 0 Å². The SMILES string of the molecule is Cc1c(C(C)Nc2nn(C)c(=O)c3cc(=O)n(C4CCN(C)CC4)cc23)cccc1C(F)(F)F. The Bertz CT molecular complexity index is 1340. The number of fused-ring (bicyclic) bond motifs is 1. The second-order valence-electron chi connectivity index (χ2n) is 9.04.